The van der Waals surface area contributed by atoms with Gasteiger partial charge in [-0.15, -0.1) is 0 Å². The molecule has 0 N–H and O–H groups in total. The van der Waals surface area contributed by atoms with Crippen LogP contribution < -0.4 is 0 Å². The average Bonchev–Trinajstić information content (AvgIpc) is 2.74. The Labute approximate surface area is 100 Å². The Kier molecular flexibility index (Phi) is 3.29. The van der Waals surface area contributed by atoms with Crippen molar-refractivity contribution in [3.63, 3.8) is 0 Å². The molecule has 2 aliphatic rings. The summed E-state index contributed by atoms with van der Waals surface area (Å²) in [6, 6.07) is 2.68. The van der Waals surface area contributed by atoms with Crippen molar-refractivity contribution < 1.29 is 0 Å². The minimum atomic E-state index is 0.0462. The highest BCUT2D eigenvalue weighted by Crippen LogP contribution is 2.49. The molecule has 16 heavy (non-hydrogen) atoms. The van der Waals surface area contributed by atoms with E-state index in [1.165, 1.54) is 44.9 Å². The van der Waals surface area contributed by atoms with Crippen molar-refractivity contribution in [2.45, 2.75) is 71.6 Å². The fourth-order valence-electron chi connectivity index (χ4n) is 3.53. The Morgan fingerprint density at radius 2 is 1.62 bits per heavy atom. The van der Waals surface area contributed by atoms with E-state index >= 15 is 0 Å². The molecular formula is C15H25N. The second kappa shape index (κ2) is 4.40. The van der Waals surface area contributed by atoms with Gasteiger partial charge in [-0.2, -0.15) is 5.26 Å². The normalized spacial score (nSPS) is 28.8. The molecule has 0 bridgehead atoms. The quantitative estimate of drug-likeness (QED) is 0.661. The summed E-state index contributed by atoms with van der Waals surface area (Å²) in [7, 11) is 0. The van der Waals surface area contributed by atoms with Gasteiger partial charge in [-0.3, -0.25) is 0 Å². The highest BCUT2D eigenvalue weighted by molar-refractivity contribution is 5.04. The number of rotatable bonds is 2. The van der Waals surface area contributed by atoms with E-state index in [1.807, 2.05) is 0 Å². The van der Waals surface area contributed by atoms with Crippen molar-refractivity contribution in [2.24, 2.45) is 16.7 Å². The second-order valence-corrected chi connectivity index (χ2v) is 6.91. The zero-order chi connectivity index (χ0) is 11.6. The lowest BCUT2D eigenvalue weighted by Crippen LogP contribution is -2.31. The van der Waals surface area contributed by atoms with Crippen LogP contribution >= 0.6 is 0 Å². The summed E-state index contributed by atoms with van der Waals surface area (Å²) in [4.78, 5) is 0. The van der Waals surface area contributed by atoms with E-state index < -0.39 is 0 Å². The molecule has 2 fully saturated rings. The van der Waals surface area contributed by atoms with Crippen molar-refractivity contribution >= 4 is 0 Å². The summed E-state index contributed by atoms with van der Waals surface area (Å²) in [5.41, 5.74) is 0.528. The van der Waals surface area contributed by atoms with Gasteiger partial charge in [0.15, 0.2) is 0 Å². The van der Waals surface area contributed by atoms with Crippen LogP contribution in [0.2, 0.25) is 0 Å². The Morgan fingerprint density at radius 3 is 2.12 bits per heavy atom. The van der Waals surface area contributed by atoms with Crippen molar-refractivity contribution in [1.29, 1.82) is 5.26 Å². The van der Waals surface area contributed by atoms with Gasteiger partial charge in [0.2, 0.25) is 0 Å². The molecule has 0 saturated heterocycles. The Balaban J connectivity index is 1.96. The van der Waals surface area contributed by atoms with E-state index in [0.29, 0.717) is 5.41 Å². The zero-order valence-corrected chi connectivity index (χ0v) is 10.9. The van der Waals surface area contributed by atoms with Gasteiger partial charge in [0.1, 0.15) is 0 Å². The van der Waals surface area contributed by atoms with E-state index in [1.54, 1.807) is 0 Å². The molecule has 0 aliphatic heterocycles. The maximum absolute atomic E-state index is 9.52. The van der Waals surface area contributed by atoms with Crippen molar-refractivity contribution in [3.05, 3.63) is 0 Å². The minimum Gasteiger partial charge on any atom is -0.198 e. The van der Waals surface area contributed by atoms with E-state index in [0.717, 1.165) is 18.8 Å². The summed E-state index contributed by atoms with van der Waals surface area (Å²) in [6.45, 7) is 4.70. The van der Waals surface area contributed by atoms with Crippen molar-refractivity contribution in [2.75, 3.05) is 0 Å². The van der Waals surface area contributed by atoms with Gasteiger partial charge < -0.3 is 0 Å². The van der Waals surface area contributed by atoms with Gasteiger partial charge in [-0.1, -0.05) is 39.5 Å². The SMILES string of the molecule is CC1(C)CCC(C#N)(CC2CCCC2)CC1. The molecule has 1 heteroatoms. The van der Waals surface area contributed by atoms with E-state index in [-0.39, 0.29) is 5.41 Å². The summed E-state index contributed by atoms with van der Waals surface area (Å²) in [5, 5.41) is 9.52. The van der Waals surface area contributed by atoms with E-state index in [2.05, 4.69) is 19.9 Å². The van der Waals surface area contributed by atoms with Crippen molar-refractivity contribution in [3.8, 4) is 6.07 Å². The second-order valence-electron chi connectivity index (χ2n) is 6.91. The molecule has 0 aromatic carbocycles. The van der Waals surface area contributed by atoms with Crippen LogP contribution in [0.25, 0.3) is 0 Å². The molecule has 2 saturated carbocycles. The van der Waals surface area contributed by atoms with Gasteiger partial charge in [0.05, 0.1) is 11.5 Å². The van der Waals surface area contributed by atoms with Gasteiger partial charge >= 0.3 is 0 Å². The first kappa shape index (κ1) is 12.0. The minimum absolute atomic E-state index is 0.0462. The standard InChI is InChI=1S/C15H25N/c1-14(2)7-9-15(12-16,10-8-14)11-13-5-3-4-6-13/h13H,3-11H2,1-2H3. The first-order chi connectivity index (χ1) is 7.55. The molecule has 0 atom stereocenters. The van der Waals surface area contributed by atoms with Crippen LogP contribution in [0.3, 0.4) is 0 Å². The molecule has 2 aliphatic carbocycles. The maximum Gasteiger partial charge on any atom is 0.0689 e. The lowest BCUT2D eigenvalue weighted by Gasteiger charge is -2.40. The summed E-state index contributed by atoms with van der Waals surface area (Å²) >= 11 is 0. The first-order valence-corrected chi connectivity index (χ1v) is 6.97. The topological polar surface area (TPSA) is 23.8 Å². The highest BCUT2D eigenvalue weighted by atomic mass is 14.5. The third-order valence-electron chi connectivity index (χ3n) is 4.95. The maximum atomic E-state index is 9.52. The Morgan fingerprint density at radius 1 is 1.06 bits per heavy atom. The van der Waals surface area contributed by atoms with Crippen LogP contribution in [0.4, 0.5) is 0 Å². The van der Waals surface area contributed by atoms with Crippen LogP contribution in [0.15, 0.2) is 0 Å². The molecule has 0 aromatic rings. The number of hydrogen-bond donors (Lipinski definition) is 0. The number of nitrogens with zero attached hydrogens (tertiary/aromatic N) is 1. The Bertz CT molecular complexity index is 268. The van der Waals surface area contributed by atoms with Gasteiger partial charge in [-0.25, -0.2) is 0 Å². The highest BCUT2D eigenvalue weighted by Gasteiger charge is 2.40. The van der Waals surface area contributed by atoms with Gasteiger partial charge in [-0.05, 0) is 43.4 Å². The molecule has 0 spiro atoms. The molecule has 0 unspecified atom stereocenters. The lowest BCUT2D eigenvalue weighted by atomic mass is 9.63. The van der Waals surface area contributed by atoms with Crippen LogP contribution in [-0.2, 0) is 0 Å². The molecular weight excluding hydrogens is 194 g/mol. The third-order valence-corrected chi connectivity index (χ3v) is 4.95. The molecule has 2 rings (SSSR count). The third kappa shape index (κ3) is 2.59. The lowest BCUT2D eigenvalue weighted by molar-refractivity contribution is 0.122. The molecule has 1 nitrogen and oxygen atoms in total. The van der Waals surface area contributed by atoms with Crippen molar-refractivity contribution in [1.82, 2.24) is 0 Å². The average molecular weight is 219 g/mol. The predicted octanol–water partition coefficient (Wildman–Crippen LogP) is 4.68. The molecule has 0 aromatic heterocycles. The summed E-state index contributed by atoms with van der Waals surface area (Å²) in [6.07, 6.45) is 11.5. The fourth-order valence-corrected chi connectivity index (χ4v) is 3.53. The number of hydrogen-bond acceptors (Lipinski definition) is 1. The summed E-state index contributed by atoms with van der Waals surface area (Å²) in [5.74, 6) is 0.862. The largest absolute Gasteiger partial charge is 0.198 e. The smallest absolute Gasteiger partial charge is 0.0689 e. The van der Waals surface area contributed by atoms with E-state index in [9.17, 15) is 5.26 Å². The molecule has 90 valence electrons. The van der Waals surface area contributed by atoms with Gasteiger partial charge in [0, 0.05) is 0 Å². The monoisotopic (exact) mass is 219 g/mol. The van der Waals surface area contributed by atoms with Crippen LogP contribution in [0.1, 0.15) is 71.6 Å². The fraction of sp³-hybridized carbons (Fsp3) is 0.933. The Hall–Kier alpha value is -0.510. The zero-order valence-electron chi connectivity index (χ0n) is 10.9. The predicted molar refractivity (Wildman–Crippen MR) is 66.9 cm³/mol. The van der Waals surface area contributed by atoms with E-state index in [4.69, 9.17) is 0 Å². The first-order valence-electron chi connectivity index (χ1n) is 6.97. The van der Waals surface area contributed by atoms with Crippen LogP contribution in [0.5, 0.6) is 0 Å². The summed E-state index contributed by atoms with van der Waals surface area (Å²) < 4.78 is 0. The molecule has 0 amide bonds. The molecule has 0 heterocycles. The number of nitriles is 1. The van der Waals surface area contributed by atoms with Gasteiger partial charge in [0.25, 0.3) is 0 Å². The molecule has 0 radical (unpaired) electrons. The van der Waals surface area contributed by atoms with Crippen LogP contribution in [0, 0.1) is 28.1 Å². The van der Waals surface area contributed by atoms with Crippen LogP contribution in [-0.4, -0.2) is 0 Å².